The monoisotopic (exact) mass is 289 g/mol. The molecule has 1 aromatic carbocycles. The molecule has 1 aromatic heterocycles. The van der Waals surface area contributed by atoms with Gasteiger partial charge in [-0.15, -0.1) is 11.3 Å². The van der Waals surface area contributed by atoms with Crippen LogP contribution in [0.3, 0.4) is 0 Å². The van der Waals surface area contributed by atoms with Gasteiger partial charge < -0.3 is 10.2 Å². The van der Waals surface area contributed by atoms with Crippen LogP contribution in [0.15, 0.2) is 24.3 Å². The largest absolute Gasteiger partial charge is 0.347 e. The molecule has 2 rings (SSSR count). The van der Waals surface area contributed by atoms with E-state index in [1.807, 2.05) is 7.05 Å². The van der Waals surface area contributed by atoms with Gasteiger partial charge in [0.2, 0.25) is 0 Å². The predicted molar refractivity (Wildman–Crippen MR) is 87.6 cm³/mol. The Balaban J connectivity index is 2.13. The Bertz CT molecular complexity index is 560. The zero-order valence-corrected chi connectivity index (χ0v) is 13.7. The summed E-state index contributed by atoms with van der Waals surface area (Å²) in [4.78, 5) is 8.23. The lowest BCUT2D eigenvalue weighted by Gasteiger charge is -2.16. The maximum atomic E-state index is 4.70. The van der Waals surface area contributed by atoms with Crippen LogP contribution in [0.5, 0.6) is 0 Å². The van der Waals surface area contributed by atoms with Crippen LogP contribution in [0.1, 0.15) is 34.7 Å². The van der Waals surface area contributed by atoms with Gasteiger partial charge >= 0.3 is 0 Å². The fourth-order valence-corrected chi connectivity index (χ4v) is 3.21. The summed E-state index contributed by atoms with van der Waals surface area (Å²) in [6, 6.07) is 9.04. The molecule has 108 valence electrons. The van der Waals surface area contributed by atoms with Gasteiger partial charge in [-0.25, -0.2) is 4.98 Å². The number of benzene rings is 1. The first kappa shape index (κ1) is 15.0. The standard InChI is InChI=1S/C16H23N3S/c1-11-6-8-14(9-7-11)10-19(5)16-18-13(3)15(20-16)12(2)17-4/h6-9,12,17H,10H2,1-5H3. The number of hydrogen-bond donors (Lipinski definition) is 1. The van der Waals surface area contributed by atoms with E-state index in [4.69, 9.17) is 4.98 Å². The fraction of sp³-hybridized carbons (Fsp3) is 0.438. The molecule has 0 radical (unpaired) electrons. The van der Waals surface area contributed by atoms with Gasteiger partial charge in [0.15, 0.2) is 5.13 Å². The molecule has 0 amide bonds. The van der Waals surface area contributed by atoms with E-state index < -0.39 is 0 Å². The van der Waals surface area contributed by atoms with Crippen molar-refractivity contribution in [2.75, 3.05) is 19.0 Å². The Labute approximate surface area is 125 Å². The molecule has 1 atom stereocenters. The molecular weight excluding hydrogens is 266 g/mol. The Morgan fingerprint density at radius 2 is 1.90 bits per heavy atom. The number of rotatable bonds is 5. The zero-order valence-electron chi connectivity index (χ0n) is 12.9. The first-order valence-corrected chi connectivity index (χ1v) is 7.74. The molecule has 1 unspecified atom stereocenters. The van der Waals surface area contributed by atoms with Gasteiger partial charge in [0.05, 0.1) is 5.69 Å². The summed E-state index contributed by atoms with van der Waals surface area (Å²) < 4.78 is 0. The van der Waals surface area contributed by atoms with Crippen LogP contribution < -0.4 is 10.2 Å². The summed E-state index contributed by atoms with van der Waals surface area (Å²) >= 11 is 1.77. The molecule has 0 fully saturated rings. The van der Waals surface area contributed by atoms with Crippen LogP contribution >= 0.6 is 11.3 Å². The normalized spacial score (nSPS) is 12.4. The molecule has 1 N–H and O–H groups in total. The smallest absolute Gasteiger partial charge is 0.185 e. The highest BCUT2D eigenvalue weighted by atomic mass is 32.1. The van der Waals surface area contributed by atoms with Crippen molar-refractivity contribution in [2.24, 2.45) is 0 Å². The number of hydrogen-bond acceptors (Lipinski definition) is 4. The van der Waals surface area contributed by atoms with E-state index in [0.717, 1.165) is 17.4 Å². The third-order valence-corrected chi connectivity index (χ3v) is 4.97. The lowest BCUT2D eigenvalue weighted by atomic mass is 10.1. The molecule has 1 heterocycles. The summed E-state index contributed by atoms with van der Waals surface area (Å²) in [5.74, 6) is 0. The minimum absolute atomic E-state index is 0.356. The first-order chi connectivity index (χ1) is 9.51. The van der Waals surface area contributed by atoms with E-state index in [0.29, 0.717) is 6.04 Å². The molecule has 2 aromatic rings. The van der Waals surface area contributed by atoms with Gasteiger partial charge in [-0.3, -0.25) is 0 Å². The Kier molecular flexibility index (Phi) is 4.78. The average Bonchev–Trinajstić information content (AvgIpc) is 2.82. The van der Waals surface area contributed by atoms with Crippen LogP contribution in [-0.4, -0.2) is 19.1 Å². The second-order valence-electron chi connectivity index (χ2n) is 5.30. The number of aryl methyl sites for hydroxylation is 2. The van der Waals surface area contributed by atoms with Crippen molar-refractivity contribution in [2.45, 2.75) is 33.4 Å². The highest BCUT2D eigenvalue weighted by Gasteiger charge is 2.15. The Morgan fingerprint density at radius 3 is 2.50 bits per heavy atom. The molecule has 20 heavy (non-hydrogen) atoms. The minimum atomic E-state index is 0.356. The Morgan fingerprint density at radius 1 is 1.25 bits per heavy atom. The second-order valence-corrected chi connectivity index (χ2v) is 6.31. The molecule has 0 aliphatic carbocycles. The predicted octanol–water partition coefficient (Wildman–Crippen LogP) is 3.68. The third kappa shape index (κ3) is 3.38. The lowest BCUT2D eigenvalue weighted by Crippen LogP contribution is -2.16. The minimum Gasteiger partial charge on any atom is -0.347 e. The van der Waals surface area contributed by atoms with Gasteiger partial charge in [0.25, 0.3) is 0 Å². The van der Waals surface area contributed by atoms with E-state index in [9.17, 15) is 0 Å². The highest BCUT2D eigenvalue weighted by Crippen LogP contribution is 2.30. The fourth-order valence-electron chi connectivity index (χ4n) is 2.12. The van der Waals surface area contributed by atoms with Crippen molar-refractivity contribution in [3.8, 4) is 0 Å². The lowest BCUT2D eigenvalue weighted by molar-refractivity contribution is 0.658. The van der Waals surface area contributed by atoms with Gasteiger partial charge in [-0.2, -0.15) is 0 Å². The maximum absolute atomic E-state index is 4.70. The van der Waals surface area contributed by atoms with Crippen molar-refractivity contribution in [3.05, 3.63) is 46.0 Å². The SMILES string of the molecule is CNC(C)c1sc(N(C)Cc2ccc(C)cc2)nc1C. The Hall–Kier alpha value is -1.39. The van der Waals surface area contributed by atoms with Crippen molar-refractivity contribution >= 4 is 16.5 Å². The quantitative estimate of drug-likeness (QED) is 0.910. The molecule has 4 heteroatoms. The van der Waals surface area contributed by atoms with E-state index in [2.05, 4.69) is 62.3 Å². The summed E-state index contributed by atoms with van der Waals surface area (Å²) in [7, 11) is 4.09. The van der Waals surface area contributed by atoms with Crippen LogP contribution in [0, 0.1) is 13.8 Å². The van der Waals surface area contributed by atoms with Crippen molar-refractivity contribution in [1.82, 2.24) is 10.3 Å². The average molecular weight is 289 g/mol. The van der Waals surface area contributed by atoms with Gasteiger partial charge in [0, 0.05) is 24.5 Å². The number of nitrogens with one attached hydrogen (secondary N) is 1. The number of nitrogens with zero attached hydrogens (tertiary/aromatic N) is 2. The number of aromatic nitrogens is 1. The molecule has 0 bridgehead atoms. The molecule has 0 aliphatic heterocycles. The topological polar surface area (TPSA) is 28.2 Å². The molecule has 0 saturated carbocycles. The summed E-state index contributed by atoms with van der Waals surface area (Å²) in [5, 5.41) is 4.37. The molecule has 3 nitrogen and oxygen atoms in total. The summed E-state index contributed by atoms with van der Waals surface area (Å²) in [6.07, 6.45) is 0. The third-order valence-electron chi connectivity index (χ3n) is 3.51. The van der Waals surface area contributed by atoms with Gasteiger partial charge in [-0.05, 0) is 33.4 Å². The van der Waals surface area contributed by atoms with Gasteiger partial charge in [0.1, 0.15) is 0 Å². The molecular formula is C16H23N3S. The zero-order chi connectivity index (χ0) is 14.7. The van der Waals surface area contributed by atoms with E-state index in [1.54, 1.807) is 11.3 Å². The van der Waals surface area contributed by atoms with E-state index in [1.165, 1.54) is 16.0 Å². The highest BCUT2D eigenvalue weighted by molar-refractivity contribution is 7.15. The number of anilines is 1. The van der Waals surface area contributed by atoms with E-state index >= 15 is 0 Å². The van der Waals surface area contributed by atoms with Crippen molar-refractivity contribution < 1.29 is 0 Å². The molecule has 0 aliphatic rings. The molecule has 0 spiro atoms. The number of thiazole rings is 1. The molecule has 0 saturated heterocycles. The summed E-state index contributed by atoms with van der Waals surface area (Å²) in [6.45, 7) is 7.26. The van der Waals surface area contributed by atoms with Crippen molar-refractivity contribution in [3.63, 3.8) is 0 Å². The summed E-state index contributed by atoms with van der Waals surface area (Å²) in [5.41, 5.74) is 3.74. The van der Waals surface area contributed by atoms with Crippen LogP contribution in [0.4, 0.5) is 5.13 Å². The van der Waals surface area contributed by atoms with E-state index in [-0.39, 0.29) is 0 Å². The van der Waals surface area contributed by atoms with Crippen LogP contribution in [0.2, 0.25) is 0 Å². The van der Waals surface area contributed by atoms with Crippen LogP contribution in [-0.2, 0) is 6.54 Å². The van der Waals surface area contributed by atoms with Gasteiger partial charge in [-0.1, -0.05) is 29.8 Å². The van der Waals surface area contributed by atoms with Crippen molar-refractivity contribution in [1.29, 1.82) is 0 Å². The van der Waals surface area contributed by atoms with Crippen LogP contribution in [0.25, 0.3) is 0 Å². The maximum Gasteiger partial charge on any atom is 0.185 e. The first-order valence-electron chi connectivity index (χ1n) is 6.92. The second kappa shape index (κ2) is 6.37.